The molecule has 1 saturated heterocycles. The standard InChI is InChI=1S/C21H28N4O4/c1-12-24-16(11-20(2,3)28)19(27)25(12)13-7-21(8-13)9-14(10-21)29-18-15(17(22)26)5-4-6-23-18/h4-6,13-14,16,24,28H,1,7-11H2,2-3H3,(H2,22,26). The number of aromatic nitrogens is 1. The SMILES string of the molecule is C=C1NC(CC(C)(C)O)C(=O)N1C1CC2(CC(Oc3ncccc3C(N)=O)C2)C1. The van der Waals surface area contributed by atoms with Crippen LogP contribution in [0.4, 0.5) is 0 Å². The number of aliphatic hydroxyl groups is 1. The molecule has 1 aromatic heterocycles. The van der Waals surface area contributed by atoms with Crippen LogP contribution in [0.1, 0.15) is 56.3 Å². The summed E-state index contributed by atoms with van der Waals surface area (Å²) in [6.45, 7) is 7.39. The number of nitrogens with zero attached hydrogens (tertiary/aromatic N) is 2. The number of nitrogens with two attached hydrogens (primary N) is 1. The summed E-state index contributed by atoms with van der Waals surface area (Å²) in [5, 5.41) is 13.2. The number of carbonyl (C=O) groups is 2. The molecule has 3 aliphatic rings. The Morgan fingerprint density at radius 3 is 2.76 bits per heavy atom. The molecule has 1 aromatic rings. The highest BCUT2D eigenvalue weighted by Gasteiger charge is 2.57. The maximum Gasteiger partial charge on any atom is 0.254 e. The summed E-state index contributed by atoms with van der Waals surface area (Å²) in [5.74, 6) is 0.349. The fraction of sp³-hybridized carbons (Fsp3) is 0.571. The molecule has 1 unspecified atom stereocenters. The summed E-state index contributed by atoms with van der Waals surface area (Å²) in [7, 11) is 0. The molecular weight excluding hydrogens is 372 g/mol. The van der Waals surface area contributed by atoms with Crippen LogP contribution in [0.15, 0.2) is 30.7 Å². The summed E-state index contributed by atoms with van der Waals surface area (Å²) in [6, 6.07) is 2.98. The lowest BCUT2D eigenvalue weighted by Crippen LogP contribution is -2.59. The maximum atomic E-state index is 12.8. The third-order valence-corrected chi connectivity index (χ3v) is 6.21. The van der Waals surface area contributed by atoms with Crippen LogP contribution in [-0.4, -0.2) is 50.6 Å². The van der Waals surface area contributed by atoms with Gasteiger partial charge in [0.05, 0.1) is 5.60 Å². The van der Waals surface area contributed by atoms with E-state index in [1.807, 2.05) is 0 Å². The molecule has 1 aliphatic heterocycles. The Labute approximate surface area is 170 Å². The van der Waals surface area contributed by atoms with E-state index in [-0.39, 0.29) is 29.3 Å². The van der Waals surface area contributed by atoms with E-state index in [0.29, 0.717) is 17.8 Å². The summed E-state index contributed by atoms with van der Waals surface area (Å²) in [4.78, 5) is 30.2. The number of hydrogen-bond donors (Lipinski definition) is 3. The van der Waals surface area contributed by atoms with Crippen LogP contribution in [0.3, 0.4) is 0 Å². The van der Waals surface area contributed by atoms with Gasteiger partial charge in [-0.25, -0.2) is 4.98 Å². The Balaban J connectivity index is 1.31. The van der Waals surface area contributed by atoms with Gasteiger partial charge in [-0.1, -0.05) is 6.58 Å². The summed E-state index contributed by atoms with van der Waals surface area (Å²) in [6.07, 6.45) is 5.47. The maximum absolute atomic E-state index is 12.8. The average Bonchev–Trinajstić information content (AvgIpc) is 2.81. The quantitative estimate of drug-likeness (QED) is 0.663. The molecule has 2 amide bonds. The van der Waals surface area contributed by atoms with Crippen molar-refractivity contribution in [2.75, 3.05) is 0 Å². The molecule has 29 heavy (non-hydrogen) atoms. The second-order valence-corrected chi connectivity index (χ2v) is 9.30. The fourth-order valence-electron chi connectivity index (χ4n) is 4.95. The van der Waals surface area contributed by atoms with Gasteiger partial charge >= 0.3 is 0 Å². The molecule has 0 bridgehead atoms. The van der Waals surface area contributed by atoms with Crippen LogP contribution < -0.4 is 15.8 Å². The smallest absolute Gasteiger partial charge is 0.254 e. The third kappa shape index (κ3) is 3.69. The molecule has 156 valence electrons. The van der Waals surface area contributed by atoms with E-state index in [1.54, 1.807) is 37.1 Å². The minimum Gasteiger partial charge on any atom is -0.474 e. The molecule has 0 radical (unpaired) electrons. The van der Waals surface area contributed by atoms with Crippen LogP contribution in [0, 0.1) is 5.41 Å². The van der Waals surface area contributed by atoms with Crippen molar-refractivity contribution < 1.29 is 19.4 Å². The van der Waals surface area contributed by atoms with Crippen LogP contribution in [-0.2, 0) is 4.79 Å². The topological polar surface area (TPSA) is 118 Å². The molecule has 2 aliphatic carbocycles. The molecule has 2 heterocycles. The lowest BCUT2D eigenvalue weighted by Gasteiger charge is -2.58. The predicted octanol–water partition coefficient (Wildman–Crippen LogP) is 1.30. The van der Waals surface area contributed by atoms with Crippen molar-refractivity contribution in [3.05, 3.63) is 36.3 Å². The van der Waals surface area contributed by atoms with E-state index >= 15 is 0 Å². The summed E-state index contributed by atoms with van der Waals surface area (Å²) in [5.41, 5.74) is 4.93. The molecule has 1 atom stereocenters. The van der Waals surface area contributed by atoms with Crippen molar-refractivity contribution in [1.82, 2.24) is 15.2 Å². The van der Waals surface area contributed by atoms with Gasteiger partial charge in [0.25, 0.3) is 11.8 Å². The number of rotatable bonds is 6. The Morgan fingerprint density at radius 2 is 2.14 bits per heavy atom. The van der Waals surface area contributed by atoms with Gasteiger partial charge in [0.15, 0.2) is 0 Å². The van der Waals surface area contributed by atoms with E-state index in [1.165, 1.54) is 0 Å². The molecular formula is C21H28N4O4. The van der Waals surface area contributed by atoms with Gasteiger partial charge in [0, 0.05) is 18.7 Å². The highest BCUT2D eigenvalue weighted by atomic mass is 16.5. The molecule has 4 rings (SSSR count). The highest BCUT2D eigenvalue weighted by Crippen LogP contribution is 2.58. The number of amides is 2. The number of carbonyl (C=O) groups excluding carboxylic acids is 2. The first kappa shape index (κ1) is 19.7. The van der Waals surface area contributed by atoms with Crippen LogP contribution >= 0.6 is 0 Å². The molecule has 0 aromatic carbocycles. The first-order valence-electron chi connectivity index (χ1n) is 9.99. The van der Waals surface area contributed by atoms with Gasteiger partial charge in [0.1, 0.15) is 23.5 Å². The zero-order valence-electron chi connectivity index (χ0n) is 16.9. The normalized spacial score (nSPS) is 31.3. The van der Waals surface area contributed by atoms with Gasteiger partial charge < -0.3 is 20.9 Å². The predicted molar refractivity (Wildman–Crippen MR) is 106 cm³/mol. The Morgan fingerprint density at radius 1 is 1.45 bits per heavy atom. The molecule has 2 saturated carbocycles. The number of primary amides is 1. The second kappa shape index (κ2) is 6.73. The Bertz CT molecular complexity index is 848. The van der Waals surface area contributed by atoms with Gasteiger partial charge in [-0.2, -0.15) is 0 Å². The third-order valence-electron chi connectivity index (χ3n) is 6.21. The Kier molecular flexibility index (Phi) is 4.57. The zero-order chi connectivity index (χ0) is 21.0. The van der Waals surface area contributed by atoms with Crippen LogP contribution in [0.2, 0.25) is 0 Å². The molecule has 8 heteroatoms. The highest BCUT2D eigenvalue weighted by molar-refractivity contribution is 5.94. The molecule has 1 spiro atoms. The van der Waals surface area contributed by atoms with Gasteiger partial charge in [-0.15, -0.1) is 0 Å². The zero-order valence-corrected chi connectivity index (χ0v) is 16.9. The molecule has 3 fully saturated rings. The van der Waals surface area contributed by atoms with Gasteiger partial charge in [-0.3, -0.25) is 14.5 Å². The average molecular weight is 400 g/mol. The number of hydrogen-bond acceptors (Lipinski definition) is 6. The Hall–Kier alpha value is -2.61. The number of pyridine rings is 1. The lowest BCUT2D eigenvalue weighted by molar-refractivity contribution is -0.143. The summed E-state index contributed by atoms with van der Waals surface area (Å²) < 4.78 is 5.90. The minimum absolute atomic E-state index is 0.00231. The van der Waals surface area contributed by atoms with E-state index in [4.69, 9.17) is 10.5 Å². The first-order chi connectivity index (χ1) is 13.6. The van der Waals surface area contributed by atoms with Crippen molar-refractivity contribution in [2.24, 2.45) is 11.1 Å². The van der Waals surface area contributed by atoms with E-state index in [2.05, 4.69) is 16.9 Å². The van der Waals surface area contributed by atoms with Crippen molar-refractivity contribution in [3.8, 4) is 5.88 Å². The van der Waals surface area contributed by atoms with Crippen LogP contribution in [0.25, 0.3) is 0 Å². The molecule has 8 nitrogen and oxygen atoms in total. The van der Waals surface area contributed by atoms with E-state index in [9.17, 15) is 14.7 Å². The van der Waals surface area contributed by atoms with Gasteiger partial charge in [-0.05, 0) is 57.1 Å². The number of nitrogens with one attached hydrogen (secondary N) is 1. The lowest BCUT2D eigenvalue weighted by atomic mass is 9.52. The molecule has 4 N–H and O–H groups in total. The largest absolute Gasteiger partial charge is 0.474 e. The monoisotopic (exact) mass is 400 g/mol. The minimum atomic E-state index is -0.918. The van der Waals surface area contributed by atoms with Gasteiger partial charge in [0.2, 0.25) is 5.88 Å². The van der Waals surface area contributed by atoms with Crippen molar-refractivity contribution >= 4 is 11.8 Å². The van der Waals surface area contributed by atoms with E-state index in [0.717, 1.165) is 25.7 Å². The first-order valence-corrected chi connectivity index (χ1v) is 9.99. The second-order valence-electron chi connectivity index (χ2n) is 9.30. The van der Waals surface area contributed by atoms with Crippen molar-refractivity contribution in [2.45, 2.75) is 69.7 Å². The van der Waals surface area contributed by atoms with Crippen molar-refractivity contribution in [3.63, 3.8) is 0 Å². The van der Waals surface area contributed by atoms with Crippen molar-refractivity contribution in [1.29, 1.82) is 0 Å². The van der Waals surface area contributed by atoms with Crippen LogP contribution in [0.5, 0.6) is 5.88 Å². The fourth-order valence-corrected chi connectivity index (χ4v) is 4.95. The number of ether oxygens (including phenoxy) is 1. The summed E-state index contributed by atoms with van der Waals surface area (Å²) >= 11 is 0. The van der Waals surface area contributed by atoms with E-state index < -0.39 is 17.6 Å².